The van der Waals surface area contributed by atoms with Gasteiger partial charge in [0, 0.05) is 106 Å². The molecule has 0 saturated heterocycles. The highest BCUT2D eigenvalue weighted by atomic mass is 32.2. The quantitative estimate of drug-likeness (QED) is 0.0247. The van der Waals surface area contributed by atoms with E-state index in [1.165, 1.54) is 119 Å². The van der Waals surface area contributed by atoms with E-state index in [4.69, 9.17) is 24.1 Å². The zero-order valence-electron chi connectivity index (χ0n) is 98.9. The molecule has 3 rings (SSSR count). The molecular formula is C116H219N3O8S18. The number of carbonyl (C=O) groups is 3. The van der Waals surface area contributed by atoms with Gasteiger partial charge < -0.3 is 24.1 Å². The first kappa shape index (κ1) is 153. The minimum atomic E-state index is -0.748. The lowest BCUT2D eigenvalue weighted by Crippen LogP contribution is -2.39. The number of aliphatic hydroxyl groups excluding tert-OH is 1. The molecule has 0 saturated carbocycles. The van der Waals surface area contributed by atoms with Crippen molar-refractivity contribution in [3.05, 3.63) is 53.1 Å². The van der Waals surface area contributed by atoms with Crippen molar-refractivity contribution in [3.63, 3.8) is 0 Å². The maximum Gasteiger partial charge on any atom is 0.306 e. The van der Waals surface area contributed by atoms with Crippen LogP contribution in [-0.4, -0.2) is 232 Å². The molecule has 1 N–H and O–H groups in total. The van der Waals surface area contributed by atoms with Gasteiger partial charge in [-0.2, -0.15) is 156 Å². The lowest BCUT2D eigenvalue weighted by molar-refractivity contribution is -0.161. The van der Waals surface area contributed by atoms with E-state index < -0.39 is 5.41 Å². The number of benzene rings is 2. The van der Waals surface area contributed by atoms with E-state index in [1.807, 2.05) is 89.3 Å². The Balaban J connectivity index is -0.000000821. The maximum atomic E-state index is 12.3. The lowest BCUT2D eigenvalue weighted by atomic mass is 9.88. The molecule has 0 fully saturated rings. The predicted molar refractivity (Wildman–Crippen MR) is 694 cm³/mol. The highest BCUT2D eigenvalue weighted by Crippen LogP contribution is 2.36. The molecule has 1 aromatic heterocycles. The first-order valence-corrected chi connectivity index (χ1v) is 74.5. The number of esters is 3. The molecule has 0 aliphatic rings. The van der Waals surface area contributed by atoms with Crippen LogP contribution in [0.3, 0.4) is 0 Å². The van der Waals surface area contributed by atoms with Gasteiger partial charge >= 0.3 is 17.9 Å². The van der Waals surface area contributed by atoms with Gasteiger partial charge in [0.2, 0.25) is 0 Å². The summed E-state index contributed by atoms with van der Waals surface area (Å²) in [6, 6.07) is 14.4. The van der Waals surface area contributed by atoms with Crippen molar-refractivity contribution >= 4 is 230 Å². The zero-order chi connectivity index (χ0) is 110. The molecule has 29 heteroatoms. The third-order valence-electron chi connectivity index (χ3n) is 18.2. The number of unbranched alkanes of at least 4 members (excludes halogenated alkanes) is 1. The minimum absolute atomic E-state index is 0.0575. The molecule has 11 nitrogen and oxygen atoms in total. The molecule has 1 heterocycles. The third-order valence-corrected chi connectivity index (χ3v) is 43.8. The van der Waals surface area contributed by atoms with Gasteiger partial charge in [-0.1, -0.05) is 310 Å². The number of aliphatic hydroxyl groups is 1. The Morgan fingerprint density at radius 1 is 0.269 bits per heavy atom. The molecule has 0 amide bonds. The second kappa shape index (κ2) is 103. The van der Waals surface area contributed by atoms with Gasteiger partial charge in [0.05, 0.1) is 44.5 Å². The average molecular weight is 2360 g/mol. The van der Waals surface area contributed by atoms with Crippen molar-refractivity contribution in [3.8, 4) is 0 Å². The molecule has 0 aliphatic heterocycles. The number of hydrogen-bond donors (Lipinski definition) is 1. The Morgan fingerprint density at radius 2 is 0.490 bits per heavy atom. The number of nitrogens with zero attached hydrogens (tertiary/aromatic N) is 3. The number of rotatable bonds is 79. The first-order valence-electron chi connectivity index (χ1n) is 54.8. The SMILES string of the molecule is CC(C)CSCC(CO)SCC(C)C.CC(C)CSCCCCSCC(C)C.CC(C)CSCCOCCSCC(C)C.CC(C)CSCc1cc(CSCC(C)C)cc(CSCC(C)C)c1.CC(C)CSc1cc(SCC(C)C)cc(SCC(C)C)c1.CC(C)CSc1nc(SCC(C)C)nc(SCC(C)C)n1.CCC(COC(=O)CCSCC(C)C)(COC(=O)CCSCC(C)C)COC(=O)CCSCC(C)C. The largest absolute Gasteiger partial charge is 0.465 e. The number of ether oxygens (including phenoxy) is 4. The smallest absolute Gasteiger partial charge is 0.306 e. The monoisotopic (exact) mass is 2360 g/mol. The average Bonchev–Trinajstić information content (AvgIpc) is 0.861. The minimum Gasteiger partial charge on any atom is -0.465 e. The first-order chi connectivity index (χ1) is 68.4. The fraction of sp³-hybridized carbons (Fsp3) is 0.845. The molecule has 1 unspecified atom stereocenters. The Labute approximate surface area is 974 Å². The molecule has 3 aromatic rings. The molecule has 0 bridgehead atoms. The van der Waals surface area contributed by atoms with E-state index in [9.17, 15) is 14.4 Å². The van der Waals surface area contributed by atoms with E-state index in [-0.39, 0.29) is 37.7 Å². The van der Waals surface area contributed by atoms with Crippen molar-refractivity contribution in [1.29, 1.82) is 0 Å². The number of carbonyl (C=O) groups excluding carboxylic acids is 3. The summed E-state index contributed by atoms with van der Waals surface area (Å²) in [5.74, 6) is 45.0. The van der Waals surface area contributed by atoms with Crippen LogP contribution in [0.1, 0.15) is 311 Å². The fourth-order valence-electron chi connectivity index (χ4n) is 10.9. The summed E-state index contributed by atoms with van der Waals surface area (Å²) in [6.45, 7) is 85.2. The van der Waals surface area contributed by atoms with E-state index >= 15 is 0 Å². The van der Waals surface area contributed by atoms with Crippen molar-refractivity contribution < 1.29 is 38.4 Å². The number of hydrogen-bond acceptors (Lipinski definition) is 29. The summed E-state index contributed by atoms with van der Waals surface area (Å²) >= 11 is 34.7. The summed E-state index contributed by atoms with van der Waals surface area (Å²) < 4.78 is 22.3. The van der Waals surface area contributed by atoms with Crippen LogP contribution in [0.5, 0.6) is 0 Å². The van der Waals surface area contributed by atoms with Gasteiger partial charge in [0.1, 0.15) is 19.8 Å². The predicted octanol–water partition coefficient (Wildman–Crippen LogP) is 37.2. The Hall–Kier alpha value is 2.08. The second-order valence-corrected chi connectivity index (χ2v) is 64.9. The third kappa shape index (κ3) is 113. The van der Waals surface area contributed by atoms with Crippen LogP contribution in [0.25, 0.3) is 0 Å². The van der Waals surface area contributed by atoms with Crippen molar-refractivity contribution in [2.45, 2.75) is 347 Å². The van der Waals surface area contributed by atoms with Crippen LogP contribution in [0.15, 0.2) is 66.6 Å². The van der Waals surface area contributed by atoms with E-state index in [0.717, 1.165) is 174 Å². The molecule has 1 atom stereocenters. The summed E-state index contributed by atoms with van der Waals surface area (Å²) in [5, 5.41) is 12.2. The van der Waals surface area contributed by atoms with Crippen molar-refractivity contribution in [1.82, 2.24) is 15.0 Å². The van der Waals surface area contributed by atoms with Gasteiger partial charge in [-0.05, 0) is 241 Å². The zero-order valence-corrected chi connectivity index (χ0v) is 114. The summed E-state index contributed by atoms with van der Waals surface area (Å²) in [7, 11) is 0. The Morgan fingerprint density at radius 3 is 0.724 bits per heavy atom. The normalized spacial score (nSPS) is 12.0. The van der Waals surface area contributed by atoms with Gasteiger partial charge in [0.25, 0.3) is 0 Å². The molecule has 854 valence electrons. The topological polar surface area (TPSA) is 147 Å². The lowest BCUT2D eigenvalue weighted by Gasteiger charge is -2.31. The van der Waals surface area contributed by atoms with Gasteiger partial charge in [-0.3, -0.25) is 14.4 Å². The van der Waals surface area contributed by atoms with Crippen molar-refractivity contribution in [2.75, 3.05) is 189 Å². The van der Waals surface area contributed by atoms with E-state index in [0.29, 0.717) is 90.3 Å². The molecular weight excluding hydrogens is 2140 g/mol. The van der Waals surface area contributed by atoms with E-state index in [1.54, 1.807) is 70.6 Å². The van der Waals surface area contributed by atoms with Crippen LogP contribution in [0.4, 0.5) is 0 Å². The molecule has 0 radical (unpaired) electrons. The highest BCUT2D eigenvalue weighted by molar-refractivity contribution is 8.04. The summed E-state index contributed by atoms with van der Waals surface area (Å²) in [5.41, 5.74) is 3.80. The van der Waals surface area contributed by atoms with Crippen LogP contribution >= 0.6 is 212 Å². The van der Waals surface area contributed by atoms with Gasteiger partial charge in [0.15, 0.2) is 15.5 Å². The van der Waals surface area contributed by atoms with Gasteiger partial charge in [-0.25, -0.2) is 0 Å². The fourth-order valence-corrected chi connectivity index (χ4v) is 28.5. The maximum absolute atomic E-state index is 12.3. The molecule has 0 aliphatic carbocycles. The van der Waals surface area contributed by atoms with Crippen LogP contribution in [0.2, 0.25) is 0 Å². The second-order valence-electron chi connectivity index (χ2n) is 45.1. The Bertz CT molecular complexity index is 3020. The number of aromatic nitrogens is 3. The van der Waals surface area contributed by atoms with Crippen molar-refractivity contribution in [2.24, 2.45) is 112 Å². The summed E-state index contributed by atoms with van der Waals surface area (Å²) in [6.07, 6.45) is 4.35. The summed E-state index contributed by atoms with van der Waals surface area (Å²) in [4.78, 5) is 55.1. The van der Waals surface area contributed by atoms with Crippen LogP contribution < -0.4 is 0 Å². The standard InChI is InChI=1S/C27H50O6S3.C21H36S3.C18H30S3.C15H27N3S3.C12H26OS2.C12H26S2.C11H24OS2/c1-8-27(18-31-24(28)9-12-34-15-21(2)3,19-32-25(29)10-13-35-16-22(4)5)20-33-26(30)11-14-36-17-23(6)7;1-16(2)10-22-13-19-7-20(14-23-11-17(3)4)9-21(8-19)15-24-12-18(5)6;1-13(2)10-19-16-7-17(20-11-14(3)4)9-18(8-16)21-12-15(5)6;1-10(2)7-19-13-16-14(20-8-11(3)4)18-15(17-13)21-9-12(5)6;1-11(2)9-14-7-5-13-6-8-15-10-12(3)4;1-11(2)9-13-7-5-6-8-14-10-12(3)4;1-9(2)6-13-8-11(5-12)14-7-10(3)4/h21-23H,8-20H2,1-7H3;7-9,16-18H,10-15H2,1-6H3;7-9,13-15H,10-12H2,1-6H3;10-12H,7-9H2,1-6H3;11-12H,5-10H2,1-4H3;11-12H,5-10H2,1-4H3;9-12H,5-8H2,1-4H3. The molecule has 145 heavy (non-hydrogen) atoms. The van der Waals surface area contributed by atoms with E-state index in [2.05, 4.69) is 359 Å². The number of thioether (sulfide) groups is 18. The van der Waals surface area contributed by atoms with Gasteiger partial charge in [-0.15, -0.1) is 35.3 Å². The Kier molecular flexibility index (Phi) is 109. The van der Waals surface area contributed by atoms with Crippen LogP contribution in [-0.2, 0) is 50.6 Å². The molecule has 0 spiro atoms. The molecule has 2 aromatic carbocycles. The highest BCUT2D eigenvalue weighted by Gasteiger charge is 2.35. The van der Waals surface area contributed by atoms with Crippen LogP contribution in [0, 0.1) is 112 Å².